The van der Waals surface area contributed by atoms with Gasteiger partial charge in [-0.15, -0.1) is 6.58 Å². The van der Waals surface area contributed by atoms with E-state index in [0.717, 1.165) is 13.2 Å². The molecule has 1 heterocycles. The molecule has 14 heavy (non-hydrogen) atoms. The summed E-state index contributed by atoms with van der Waals surface area (Å²) in [5, 5.41) is 3.20. The molecule has 0 aromatic heterocycles. The Morgan fingerprint density at radius 3 is 2.93 bits per heavy atom. The standard InChI is InChI=1S/C12H15NO/c1-3-12(13-2)9-4-5-10-7-14-8-11(10)6-9/h3-6,12-13H,1,7-8H2,2H3. The molecule has 0 fully saturated rings. The second kappa shape index (κ2) is 3.95. The van der Waals surface area contributed by atoms with Crippen LogP contribution in [-0.4, -0.2) is 7.05 Å². The third-order valence-corrected chi connectivity index (χ3v) is 2.65. The number of fused-ring (bicyclic) bond motifs is 1. The number of benzene rings is 1. The molecule has 1 aromatic carbocycles. The molecule has 2 nitrogen and oxygen atoms in total. The third-order valence-electron chi connectivity index (χ3n) is 2.65. The van der Waals surface area contributed by atoms with E-state index >= 15 is 0 Å². The summed E-state index contributed by atoms with van der Waals surface area (Å²) >= 11 is 0. The van der Waals surface area contributed by atoms with Crippen molar-refractivity contribution >= 4 is 0 Å². The maximum atomic E-state index is 5.37. The van der Waals surface area contributed by atoms with E-state index in [1.807, 2.05) is 13.1 Å². The van der Waals surface area contributed by atoms with Gasteiger partial charge >= 0.3 is 0 Å². The third kappa shape index (κ3) is 1.59. The van der Waals surface area contributed by atoms with Crippen LogP contribution in [0.5, 0.6) is 0 Å². The van der Waals surface area contributed by atoms with Crippen molar-refractivity contribution in [1.82, 2.24) is 5.32 Å². The van der Waals surface area contributed by atoms with E-state index in [1.165, 1.54) is 16.7 Å². The number of nitrogens with one attached hydrogen (secondary N) is 1. The molecule has 0 spiro atoms. The van der Waals surface area contributed by atoms with Gasteiger partial charge in [-0.1, -0.05) is 24.3 Å². The van der Waals surface area contributed by atoms with Gasteiger partial charge in [0, 0.05) is 0 Å². The van der Waals surface area contributed by atoms with Crippen LogP contribution in [0, 0.1) is 0 Å². The minimum Gasteiger partial charge on any atom is -0.372 e. The maximum Gasteiger partial charge on any atom is 0.0725 e. The van der Waals surface area contributed by atoms with Gasteiger partial charge in [0.2, 0.25) is 0 Å². The summed E-state index contributed by atoms with van der Waals surface area (Å²) in [6.07, 6.45) is 1.91. The summed E-state index contributed by atoms with van der Waals surface area (Å²) < 4.78 is 5.37. The lowest BCUT2D eigenvalue weighted by Crippen LogP contribution is -2.13. The van der Waals surface area contributed by atoms with Crippen LogP contribution < -0.4 is 5.32 Å². The van der Waals surface area contributed by atoms with Crippen molar-refractivity contribution in [2.24, 2.45) is 0 Å². The molecule has 0 bridgehead atoms. The lowest BCUT2D eigenvalue weighted by molar-refractivity contribution is 0.134. The van der Waals surface area contributed by atoms with E-state index in [9.17, 15) is 0 Å². The molecule has 1 aliphatic heterocycles. The molecule has 0 saturated carbocycles. The van der Waals surface area contributed by atoms with E-state index in [0.29, 0.717) is 0 Å². The summed E-state index contributed by atoms with van der Waals surface area (Å²) in [7, 11) is 1.94. The van der Waals surface area contributed by atoms with Crippen LogP contribution in [0.2, 0.25) is 0 Å². The molecule has 1 atom stereocenters. The normalized spacial score (nSPS) is 16.4. The first-order chi connectivity index (χ1) is 6.85. The van der Waals surface area contributed by atoms with Gasteiger partial charge in [0.25, 0.3) is 0 Å². The molecule has 0 aliphatic carbocycles. The lowest BCUT2D eigenvalue weighted by atomic mass is 10.0. The Morgan fingerprint density at radius 1 is 1.43 bits per heavy atom. The van der Waals surface area contributed by atoms with Gasteiger partial charge in [0.1, 0.15) is 0 Å². The van der Waals surface area contributed by atoms with E-state index in [1.54, 1.807) is 0 Å². The average molecular weight is 189 g/mol. The van der Waals surface area contributed by atoms with Gasteiger partial charge in [-0.3, -0.25) is 0 Å². The van der Waals surface area contributed by atoms with Crippen LogP contribution in [-0.2, 0) is 18.0 Å². The van der Waals surface area contributed by atoms with Crippen LogP contribution in [0.15, 0.2) is 30.9 Å². The molecule has 0 amide bonds. The average Bonchev–Trinajstić information content (AvgIpc) is 2.66. The minimum atomic E-state index is 0.237. The van der Waals surface area contributed by atoms with E-state index in [2.05, 4.69) is 30.1 Å². The highest BCUT2D eigenvalue weighted by atomic mass is 16.5. The van der Waals surface area contributed by atoms with Crippen molar-refractivity contribution in [3.8, 4) is 0 Å². The first kappa shape index (κ1) is 9.44. The Labute approximate surface area is 84.6 Å². The van der Waals surface area contributed by atoms with Gasteiger partial charge < -0.3 is 10.1 Å². The minimum absolute atomic E-state index is 0.237. The summed E-state index contributed by atoms with van der Waals surface area (Å²) in [5.41, 5.74) is 3.88. The fraction of sp³-hybridized carbons (Fsp3) is 0.333. The number of hydrogen-bond donors (Lipinski definition) is 1. The zero-order chi connectivity index (χ0) is 9.97. The predicted octanol–water partition coefficient (Wildman–Crippen LogP) is 2.16. The summed E-state index contributed by atoms with van der Waals surface area (Å²) in [4.78, 5) is 0. The van der Waals surface area contributed by atoms with Gasteiger partial charge in [0.15, 0.2) is 0 Å². The monoisotopic (exact) mass is 189 g/mol. The van der Waals surface area contributed by atoms with E-state index in [-0.39, 0.29) is 6.04 Å². The molecular formula is C12H15NO. The molecule has 2 heteroatoms. The molecule has 0 saturated heterocycles. The Kier molecular flexibility index (Phi) is 2.66. The van der Waals surface area contributed by atoms with E-state index in [4.69, 9.17) is 4.74 Å². The second-order valence-electron chi connectivity index (χ2n) is 3.52. The SMILES string of the molecule is C=CC(NC)c1ccc2c(c1)COC2. The Balaban J connectivity index is 2.32. The van der Waals surface area contributed by atoms with Crippen LogP contribution in [0.4, 0.5) is 0 Å². The topological polar surface area (TPSA) is 21.3 Å². The van der Waals surface area contributed by atoms with Gasteiger partial charge in [-0.25, -0.2) is 0 Å². The smallest absolute Gasteiger partial charge is 0.0725 e. The van der Waals surface area contributed by atoms with Crippen molar-refractivity contribution in [3.63, 3.8) is 0 Å². The molecule has 0 radical (unpaired) electrons. The van der Waals surface area contributed by atoms with Crippen molar-refractivity contribution in [2.45, 2.75) is 19.3 Å². The predicted molar refractivity (Wildman–Crippen MR) is 56.9 cm³/mol. The molecule has 1 aliphatic rings. The number of ether oxygens (including phenoxy) is 1. The quantitative estimate of drug-likeness (QED) is 0.736. The Bertz CT molecular complexity index is 346. The summed E-state index contributed by atoms with van der Waals surface area (Å²) in [6.45, 7) is 5.31. The highest BCUT2D eigenvalue weighted by molar-refractivity contribution is 5.35. The van der Waals surface area contributed by atoms with Crippen LogP contribution in [0.25, 0.3) is 0 Å². The maximum absolute atomic E-state index is 5.37. The molecule has 74 valence electrons. The molecule has 1 unspecified atom stereocenters. The summed E-state index contributed by atoms with van der Waals surface area (Å²) in [5.74, 6) is 0. The molecular weight excluding hydrogens is 174 g/mol. The highest BCUT2D eigenvalue weighted by Crippen LogP contribution is 2.24. The highest BCUT2D eigenvalue weighted by Gasteiger charge is 2.13. The van der Waals surface area contributed by atoms with Crippen molar-refractivity contribution < 1.29 is 4.74 Å². The first-order valence-corrected chi connectivity index (χ1v) is 4.84. The van der Waals surface area contributed by atoms with Crippen molar-refractivity contribution in [2.75, 3.05) is 7.05 Å². The van der Waals surface area contributed by atoms with Crippen LogP contribution in [0.1, 0.15) is 22.7 Å². The number of rotatable bonds is 3. The van der Waals surface area contributed by atoms with Gasteiger partial charge in [0.05, 0.1) is 19.3 Å². The largest absolute Gasteiger partial charge is 0.372 e. The van der Waals surface area contributed by atoms with Crippen molar-refractivity contribution in [3.05, 3.63) is 47.5 Å². The fourth-order valence-electron chi connectivity index (χ4n) is 1.81. The lowest BCUT2D eigenvalue weighted by Gasteiger charge is -2.12. The van der Waals surface area contributed by atoms with Crippen molar-refractivity contribution in [1.29, 1.82) is 0 Å². The van der Waals surface area contributed by atoms with E-state index < -0.39 is 0 Å². The number of likely N-dealkylation sites (N-methyl/N-ethyl adjacent to an activating group) is 1. The zero-order valence-electron chi connectivity index (χ0n) is 8.42. The molecule has 1 aromatic rings. The summed E-state index contributed by atoms with van der Waals surface area (Å²) in [6, 6.07) is 6.72. The van der Waals surface area contributed by atoms with Crippen LogP contribution >= 0.6 is 0 Å². The Morgan fingerprint density at radius 2 is 2.21 bits per heavy atom. The molecule has 2 rings (SSSR count). The van der Waals surface area contributed by atoms with Gasteiger partial charge in [-0.05, 0) is 23.7 Å². The van der Waals surface area contributed by atoms with Gasteiger partial charge in [-0.2, -0.15) is 0 Å². The zero-order valence-corrected chi connectivity index (χ0v) is 8.42. The first-order valence-electron chi connectivity index (χ1n) is 4.84. The fourth-order valence-corrected chi connectivity index (χ4v) is 1.81. The molecule has 1 N–H and O–H groups in total. The number of hydrogen-bond acceptors (Lipinski definition) is 2. The van der Waals surface area contributed by atoms with Crippen LogP contribution in [0.3, 0.4) is 0 Å². The Hall–Kier alpha value is -1.12. The second-order valence-corrected chi connectivity index (χ2v) is 3.52.